The van der Waals surface area contributed by atoms with Gasteiger partial charge in [0.15, 0.2) is 0 Å². The third-order valence-corrected chi connectivity index (χ3v) is 7.50. The lowest BCUT2D eigenvalue weighted by molar-refractivity contribution is 0.0747. The van der Waals surface area contributed by atoms with Gasteiger partial charge in [0.05, 0.1) is 5.56 Å². The fraction of sp³-hybridized carbons (Fsp3) is 0.536. The number of carbonyl (C=O) groups is 1. The molecule has 0 radical (unpaired) electrons. The normalized spacial score (nSPS) is 20.3. The fourth-order valence-electron chi connectivity index (χ4n) is 5.09. The zero-order valence-corrected chi connectivity index (χ0v) is 20.9. The molecule has 184 valence electrons. The van der Waals surface area contributed by atoms with Crippen LogP contribution in [0.5, 0.6) is 11.5 Å². The Morgan fingerprint density at radius 3 is 2.35 bits per heavy atom. The molecule has 1 atom stereocenters. The predicted molar refractivity (Wildman–Crippen MR) is 133 cm³/mol. The molecule has 0 aromatic heterocycles. The van der Waals surface area contributed by atoms with Gasteiger partial charge < -0.3 is 14.9 Å². The number of aliphatic hydroxyl groups excluding tert-OH is 1. The topological polar surface area (TPSA) is 82.0 Å². The molecule has 1 amide bonds. The molecule has 0 bridgehead atoms. The lowest BCUT2D eigenvalue weighted by atomic mass is 9.63. The van der Waals surface area contributed by atoms with Crippen molar-refractivity contribution in [3.63, 3.8) is 0 Å². The molecule has 1 fully saturated rings. The molecule has 6 nitrogen and oxygen atoms in total. The van der Waals surface area contributed by atoms with Crippen molar-refractivity contribution in [3.8, 4) is 11.5 Å². The number of nitrogens with one attached hydrogen (secondary N) is 1. The quantitative estimate of drug-likeness (QED) is 0.559. The van der Waals surface area contributed by atoms with Crippen molar-refractivity contribution >= 4 is 5.91 Å². The molecule has 6 heteroatoms. The summed E-state index contributed by atoms with van der Waals surface area (Å²) in [6.45, 7) is 10.8. The van der Waals surface area contributed by atoms with E-state index in [2.05, 4.69) is 45.3 Å². The van der Waals surface area contributed by atoms with E-state index in [1.165, 1.54) is 23.6 Å². The number of carbonyl (C=O) groups excluding carboxylic acids is 1. The second-order valence-electron chi connectivity index (χ2n) is 11.1. The summed E-state index contributed by atoms with van der Waals surface area (Å²) >= 11 is 0. The molecule has 4 rings (SSSR count). The van der Waals surface area contributed by atoms with Gasteiger partial charge in [-0.1, -0.05) is 52.3 Å². The molecule has 3 N–H and O–H groups in total. The lowest BCUT2D eigenvalue weighted by Crippen LogP contribution is -2.45. The van der Waals surface area contributed by atoms with Gasteiger partial charge in [-0.25, -0.2) is 5.01 Å². The molecule has 1 unspecified atom stereocenters. The van der Waals surface area contributed by atoms with E-state index >= 15 is 0 Å². The molecular formula is C28H38N2O4. The molecule has 1 heterocycles. The number of amides is 1. The average Bonchev–Trinajstić information content (AvgIpc) is 2.81. The third kappa shape index (κ3) is 5.23. The molecular weight excluding hydrogens is 428 g/mol. The molecule has 34 heavy (non-hydrogen) atoms. The maximum atomic E-state index is 12.5. The smallest absolute Gasteiger partial charge is 0.269 e. The number of benzene rings is 2. The van der Waals surface area contributed by atoms with Gasteiger partial charge in [-0.05, 0) is 65.3 Å². The van der Waals surface area contributed by atoms with Crippen LogP contribution in [-0.2, 0) is 10.8 Å². The first-order valence-corrected chi connectivity index (χ1v) is 12.4. The summed E-state index contributed by atoms with van der Waals surface area (Å²) in [6.07, 6.45) is 4.75. The van der Waals surface area contributed by atoms with Crippen molar-refractivity contribution < 1.29 is 19.7 Å². The number of fused-ring (bicyclic) bond motifs is 1. The van der Waals surface area contributed by atoms with Crippen molar-refractivity contribution in [2.75, 3.05) is 19.7 Å². The number of hydrazine groups is 1. The summed E-state index contributed by atoms with van der Waals surface area (Å²) in [5, 5.41) is 23.1. The SMILES string of the molecule is CC1(C)CCC(C)(C)c2cc(C(O)COc3ccc(C(=O)NN4CCCCC4)c(O)c3)ccc21. The fourth-order valence-corrected chi connectivity index (χ4v) is 5.09. The Morgan fingerprint density at radius 1 is 1.00 bits per heavy atom. The van der Waals surface area contributed by atoms with Crippen LogP contribution in [0, 0.1) is 0 Å². The van der Waals surface area contributed by atoms with E-state index in [4.69, 9.17) is 4.74 Å². The number of phenolic OH excluding ortho intramolecular Hbond substituents is 1. The van der Waals surface area contributed by atoms with Crippen molar-refractivity contribution in [2.24, 2.45) is 0 Å². The number of ether oxygens (including phenoxy) is 1. The minimum atomic E-state index is -0.796. The van der Waals surface area contributed by atoms with Crippen LogP contribution in [0.4, 0.5) is 0 Å². The minimum absolute atomic E-state index is 0.0569. The van der Waals surface area contributed by atoms with Crippen LogP contribution in [0.3, 0.4) is 0 Å². The second-order valence-corrected chi connectivity index (χ2v) is 11.1. The Hall–Kier alpha value is -2.57. The maximum Gasteiger partial charge on any atom is 0.269 e. The number of rotatable bonds is 6. The molecule has 0 spiro atoms. The van der Waals surface area contributed by atoms with Crippen LogP contribution in [0.2, 0.25) is 0 Å². The van der Waals surface area contributed by atoms with Gasteiger partial charge in [-0.3, -0.25) is 10.2 Å². The molecule has 1 aliphatic heterocycles. The highest BCUT2D eigenvalue weighted by Gasteiger charge is 2.37. The summed E-state index contributed by atoms with van der Waals surface area (Å²) in [4.78, 5) is 12.5. The molecule has 1 aliphatic carbocycles. The van der Waals surface area contributed by atoms with Gasteiger partial charge in [0.2, 0.25) is 0 Å². The summed E-state index contributed by atoms with van der Waals surface area (Å²) < 4.78 is 5.77. The van der Waals surface area contributed by atoms with Gasteiger partial charge in [-0.2, -0.15) is 0 Å². The number of aromatic hydroxyl groups is 1. The standard InChI is InChI=1S/C28H38N2O4/c1-27(2)12-13-28(3,4)23-16-19(8-11-22(23)27)25(32)18-34-20-9-10-21(24(31)17-20)26(33)29-30-14-6-5-7-15-30/h8-11,16-17,25,31-32H,5-7,12-15,18H2,1-4H3,(H,29,33). The molecule has 2 aromatic carbocycles. The Morgan fingerprint density at radius 2 is 1.68 bits per heavy atom. The van der Waals surface area contributed by atoms with E-state index in [-0.39, 0.29) is 34.7 Å². The summed E-state index contributed by atoms with van der Waals surface area (Å²) in [6, 6.07) is 10.9. The maximum absolute atomic E-state index is 12.5. The first-order chi connectivity index (χ1) is 16.1. The van der Waals surface area contributed by atoms with Gasteiger partial charge in [0.25, 0.3) is 5.91 Å². The van der Waals surface area contributed by atoms with Crippen LogP contribution in [0.1, 0.15) is 93.0 Å². The van der Waals surface area contributed by atoms with Gasteiger partial charge >= 0.3 is 0 Å². The van der Waals surface area contributed by atoms with E-state index in [0.717, 1.165) is 44.3 Å². The lowest BCUT2D eigenvalue weighted by Gasteiger charge is -2.42. The van der Waals surface area contributed by atoms with Crippen molar-refractivity contribution in [1.82, 2.24) is 10.4 Å². The zero-order valence-electron chi connectivity index (χ0n) is 20.9. The van der Waals surface area contributed by atoms with E-state index < -0.39 is 6.10 Å². The minimum Gasteiger partial charge on any atom is -0.507 e. The highest BCUT2D eigenvalue weighted by molar-refractivity contribution is 5.96. The van der Waals surface area contributed by atoms with Crippen LogP contribution >= 0.6 is 0 Å². The van der Waals surface area contributed by atoms with Crippen LogP contribution in [0.25, 0.3) is 0 Å². The van der Waals surface area contributed by atoms with E-state index in [9.17, 15) is 15.0 Å². The highest BCUT2D eigenvalue weighted by Crippen LogP contribution is 2.46. The first-order valence-electron chi connectivity index (χ1n) is 12.4. The monoisotopic (exact) mass is 466 g/mol. The van der Waals surface area contributed by atoms with Gasteiger partial charge in [-0.15, -0.1) is 0 Å². The third-order valence-electron chi connectivity index (χ3n) is 7.50. The molecule has 2 aromatic rings. The number of nitrogens with zero attached hydrogens (tertiary/aromatic N) is 1. The van der Waals surface area contributed by atoms with E-state index in [1.54, 1.807) is 12.1 Å². The largest absolute Gasteiger partial charge is 0.507 e. The first kappa shape index (κ1) is 24.6. The summed E-state index contributed by atoms with van der Waals surface area (Å²) in [7, 11) is 0. The van der Waals surface area contributed by atoms with Gasteiger partial charge in [0, 0.05) is 19.2 Å². The van der Waals surface area contributed by atoms with E-state index in [1.807, 2.05) is 11.1 Å². The number of aliphatic hydroxyl groups is 1. The number of piperidine rings is 1. The van der Waals surface area contributed by atoms with Crippen molar-refractivity contribution in [2.45, 2.75) is 76.7 Å². The number of hydrogen-bond donors (Lipinski definition) is 3. The Bertz CT molecular complexity index is 1040. The zero-order chi connectivity index (χ0) is 24.5. The predicted octanol–water partition coefficient (Wildman–Crippen LogP) is 4.98. The molecule has 1 saturated heterocycles. The molecule has 0 saturated carbocycles. The van der Waals surface area contributed by atoms with E-state index in [0.29, 0.717) is 5.75 Å². The number of phenols is 1. The Kier molecular flexibility index (Phi) is 6.92. The van der Waals surface area contributed by atoms with Crippen LogP contribution < -0.4 is 10.2 Å². The number of hydrogen-bond acceptors (Lipinski definition) is 5. The average molecular weight is 467 g/mol. The van der Waals surface area contributed by atoms with Crippen molar-refractivity contribution in [1.29, 1.82) is 0 Å². The van der Waals surface area contributed by atoms with Crippen molar-refractivity contribution in [3.05, 3.63) is 58.7 Å². The van der Waals surface area contributed by atoms with Crippen LogP contribution in [0.15, 0.2) is 36.4 Å². The highest BCUT2D eigenvalue weighted by atomic mass is 16.5. The Labute approximate surface area is 202 Å². The Balaban J connectivity index is 1.41. The van der Waals surface area contributed by atoms with Gasteiger partial charge in [0.1, 0.15) is 24.2 Å². The summed E-state index contributed by atoms with van der Waals surface area (Å²) in [5.74, 6) is -0.0599. The second kappa shape index (κ2) is 9.59. The summed E-state index contributed by atoms with van der Waals surface area (Å²) in [5.41, 5.74) is 6.73. The molecule has 2 aliphatic rings. The van der Waals surface area contributed by atoms with Crippen LogP contribution in [-0.4, -0.2) is 40.8 Å².